The fourth-order valence-corrected chi connectivity index (χ4v) is 4.49. The Morgan fingerprint density at radius 2 is 1.50 bits per heavy atom. The van der Waals surface area contributed by atoms with E-state index in [0.29, 0.717) is 0 Å². The van der Waals surface area contributed by atoms with Crippen molar-refractivity contribution >= 4 is 20.4 Å². The molecule has 8 nitrogen and oxygen atoms in total. The SMILES string of the molecule is CC(C)(C)OC(=O)[C@H]1C[C@@H](CO[Si](C)(C)C(C)(C)C)[C@H](C(O)CO)N1C(=O)OC(C)(C)C. The summed E-state index contributed by atoms with van der Waals surface area (Å²) < 4.78 is 17.5. The average molecular weight is 476 g/mol. The molecule has 1 unspecified atom stereocenters. The molecular formula is C23H45NO7Si. The molecule has 0 aromatic carbocycles. The number of hydrogen-bond donors (Lipinski definition) is 2. The lowest BCUT2D eigenvalue weighted by Crippen LogP contribution is -2.54. The summed E-state index contributed by atoms with van der Waals surface area (Å²) in [6.45, 7) is 20.8. The molecule has 1 amide bonds. The Balaban J connectivity index is 3.32. The van der Waals surface area contributed by atoms with Gasteiger partial charge in [-0.15, -0.1) is 0 Å². The second kappa shape index (κ2) is 9.99. The minimum absolute atomic E-state index is 0.0217. The summed E-state index contributed by atoms with van der Waals surface area (Å²) >= 11 is 0. The normalized spacial score (nSPS) is 23.8. The second-order valence-electron chi connectivity index (χ2n) is 12.2. The smallest absolute Gasteiger partial charge is 0.411 e. The number of aliphatic hydroxyl groups excluding tert-OH is 2. The van der Waals surface area contributed by atoms with Crippen LogP contribution in [0.25, 0.3) is 0 Å². The first kappa shape index (κ1) is 28.9. The van der Waals surface area contributed by atoms with Crippen LogP contribution in [0, 0.1) is 5.92 Å². The van der Waals surface area contributed by atoms with Gasteiger partial charge in [0.25, 0.3) is 0 Å². The third-order valence-electron chi connectivity index (χ3n) is 5.99. The number of amides is 1. The maximum Gasteiger partial charge on any atom is 0.411 e. The van der Waals surface area contributed by atoms with Crippen LogP contribution in [-0.2, 0) is 18.7 Å². The Morgan fingerprint density at radius 3 is 1.91 bits per heavy atom. The molecule has 1 aliphatic heterocycles. The second-order valence-corrected chi connectivity index (χ2v) is 17.1. The van der Waals surface area contributed by atoms with Crippen LogP contribution in [-0.4, -0.2) is 78.1 Å². The van der Waals surface area contributed by atoms with E-state index in [9.17, 15) is 19.8 Å². The van der Waals surface area contributed by atoms with Gasteiger partial charge >= 0.3 is 12.1 Å². The molecule has 0 aliphatic carbocycles. The minimum atomic E-state index is -2.12. The number of hydrogen-bond acceptors (Lipinski definition) is 7. The van der Waals surface area contributed by atoms with Crippen LogP contribution < -0.4 is 0 Å². The summed E-state index contributed by atoms with van der Waals surface area (Å²) in [4.78, 5) is 27.5. The first-order valence-electron chi connectivity index (χ1n) is 11.4. The van der Waals surface area contributed by atoms with E-state index in [-0.39, 0.29) is 24.0 Å². The van der Waals surface area contributed by atoms with E-state index in [1.54, 1.807) is 41.5 Å². The summed E-state index contributed by atoms with van der Waals surface area (Å²) in [6.07, 6.45) is -1.71. The van der Waals surface area contributed by atoms with Gasteiger partial charge in [-0.05, 0) is 66.1 Å². The maximum atomic E-state index is 13.1. The van der Waals surface area contributed by atoms with Crippen molar-refractivity contribution in [2.24, 2.45) is 5.92 Å². The number of nitrogens with zero attached hydrogens (tertiary/aromatic N) is 1. The largest absolute Gasteiger partial charge is 0.458 e. The molecule has 0 saturated carbocycles. The van der Waals surface area contributed by atoms with Gasteiger partial charge in [0.15, 0.2) is 8.32 Å². The van der Waals surface area contributed by atoms with Gasteiger partial charge in [-0.25, -0.2) is 9.59 Å². The number of rotatable bonds is 6. The zero-order chi connectivity index (χ0) is 25.3. The first-order chi connectivity index (χ1) is 14.2. The van der Waals surface area contributed by atoms with Crippen LogP contribution in [0.5, 0.6) is 0 Å². The molecule has 32 heavy (non-hydrogen) atoms. The van der Waals surface area contributed by atoms with Crippen molar-refractivity contribution in [1.82, 2.24) is 4.90 Å². The lowest BCUT2D eigenvalue weighted by molar-refractivity contribution is -0.161. The quantitative estimate of drug-likeness (QED) is 0.446. The fourth-order valence-electron chi connectivity index (χ4n) is 3.42. The van der Waals surface area contributed by atoms with Crippen LogP contribution in [0.2, 0.25) is 18.1 Å². The monoisotopic (exact) mass is 475 g/mol. The number of esters is 1. The molecule has 0 spiro atoms. The maximum absolute atomic E-state index is 13.1. The lowest BCUT2D eigenvalue weighted by Gasteiger charge is -2.38. The van der Waals surface area contributed by atoms with Gasteiger partial charge < -0.3 is 24.1 Å². The van der Waals surface area contributed by atoms with Crippen LogP contribution in [0.15, 0.2) is 0 Å². The Morgan fingerprint density at radius 1 is 1.00 bits per heavy atom. The molecular weight excluding hydrogens is 430 g/mol. The van der Waals surface area contributed by atoms with Gasteiger partial charge in [0.2, 0.25) is 0 Å². The molecule has 0 bridgehead atoms. The number of likely N-dealkylation sites (tertiary alicyclic amines) is 1. The summed E-state index contributed by atoms with van der Waals surface area (Å²) in [7, 11) is -2.12. The van der Waals surface area contributed by atoms with Crippen molar-refractivity contribution in [2.45, 2.75) is 116 Å². The molecule has 9 heteroatoms. The topological polar surface area (TPSA) is 106 Å². The molecule has 0 radical (unpaired) electrons. The molecule has 1 rings (SSSR count). The van der Waals surface area contributed by atoms with Crippen molar-refractivity contribution in [3.8, 4) is 0 Å². The van der Waals surface area contributed by atoms with E-state index >= 15 is 0 Å². The van der Waals surface area contributed by atoms with Gasteiger partial charge in [-0.2, -0.15) is 0 Å². The van der Waals surface area contributed by atoms with Crippen molar-refractivity contribution in [2.75, 3.05) is 13.2 Å². The van der Waals surface area contributed by atoms with E-state index in [0.717, 1.165) is 0 Å². The molecule has 1 heterocycles. The molecule has 2 N–H and O–H groups in total. The minimum Gasteiger partial charge on any atom is -0.458 e. The molecule has 1 fully saturated rings. The van der Waals surface area contributed by atoms with Crippen LogP contribution in [0.3, 0.4) is 0 Å². The van der Waals surface area contributed by atoms with E-state index < -0.39 is 56.4 Å². The van der Waals surface area contributed by atoms with Gasteiger partial charge in [0.05, 0.1) is 18.8 Å². The van der Waals surface area contributed by atoms with Crippen molar-refractivity contribution in [3.05, 3.63) is 0 Å². The predicted octanol–water partition coefficient (Wildman–Crippen LogP) is 3.70. The summed E-state index contributed by atoms with van der Waals surface area (Å²) in [6, 6.07) is -1.78. The molecule has 1 saturated heterocycles. The Hall–Kier alpha value is -1.16. The highest BCUT2D eigenvalue weighted by Crippen LogP contribution is 2.40. The molecule has 188 valence electrons. The lowest BCUT2D eigenvalue weighted by atomic mass is 9.96. The van der Waals surface area contributed by atoms with Gasteiger partial charge in [-0.3, -0.25) is 4.90 Å². The van der Waals surface area contributed by atoms with E-state index in [2.05, 4.69) is 33.9 Å². The highest BCUT2D eigenvalue weighted by molar-refractivity contribution is 6.74. The third-order valence-corrected chi connectivity index (χ3v) is 10.5. The Kier molecular flexibility index (Phi) is 9.01. The van der Waals surface area contributed by atoms with Crippen LogP contribution in [0.1, 0.15) is 68.7 Å². The number of carbonyl (C=O) groups excluding carboxylic acids is 2. The molecule has 4 atom stereocenters. The van der Waals surface area contributed by atoms with Crippen LogP contribution in [0.4, 0.5) is 4.79 Å². The van der Waals surface area contributed by atoms with E-state index in [1.165, 1.54) is 4.90 Å². The number of carbonyl (C=O) groups is 2. The fraction of sp³-hybridized carbons (Fsp3) is 0.913. The van der Waals surface area contributed by atoms with E-state index in [1.807, 2.05) is 0 Å². The van der Waals surface area contributed by atoms with Crippen molar-refractivity contribution < 1.29 is 33.7 Å². The highest BCUT2D eigenvalue weighted by Gasteiger charge is 2.53. The van der Waals surface area contributed by atoms with Crippen molar-refractivity contribution in [3.63, 3.8) is 0 Å². The van der Waals surface area contributed by atoms with Crippen molar-refractivity contribution in [1.29, 1.82) is 0 Å². The molecule has 1 aliphatic rings. The molecule has 0 aromatic heterocycles. The van der Waals surface area contributed by atoms with Crippen LogP contribution >= 0.6 is 0 Å². The van der Waals surface area contributed by atoms with E-state index in [4.69, 9.17) is 13.9 Å². The summed E-state index contributed by atoms with van der Waals surface area (Å²) in [5.41, 5.74) is -1.53. The third kappa shape index (κ3) is 7.71. The molecule has 0 aromatic rings. The average Bonchev–Trinajstić information content (AvgIpc) is 2.95. The van der Waals surface area contributed by atoms with Gasteiger partial charge in [0, 0.05) is 12.5 Å². The first-order valence-corrected chi connectivity index (χ1v) is 14.3. The Bertz CT molecular complexity index is 661. The summed E-state index contributed by atoms with van der Waals surface area (Å²) in [5.74, 6) is -0.926. The van der Waals surface area contributed by atoms with Gasteiger partial charge in [0.1, 0.15) is 17.2 Å². The number of ether oxygens (including phenoxy) is 2. The summed E-state index contributed by atoms with van der Waals surface area (Å²) in [5, 5.41) is 20.4. The predicted molar refractivity (Wildman–Crippen MR) is 126 cm³/mol. The number of aliphatic hydroxyl groups is 2. The zero-order valence-corrected chi connectivity index (χ0v) is 22.8. The highest BCUT2D eigenvalue weighted by atomic mass is 28.4. The standard InChI is InChI=1S/C23H45NO7Si/c1-21(2,3)30-19(27)16-12-15(14-29-32(10,11)23(7,8)9)18(17(26)13-25)24(16)20(28)31-22(4,5)6/h15-18,25-26H,12-14H2,1-11H3/t15-,16+,17?,18+/m0/s1. The van der Waals surface area contributed by atoms with Gasteiger partial charge in [-0.1, -0.05) is 20.8 Å². The Labute approximate surface area is 194 Å². The zero-order valence-electron chi connectivity index (χ0n) is 21.8.